The Kier molecular flexibility index (Phi) is 6.37. The highest BCUT2D eigenvalue weighted by Gasteiger charge is 2.26. The molecule has 1 aromatic heterocycles. The second-order valence-electron chi connectivity index (χ2n) is 7.24. The first kappa shape index (κ1) is 18.3. The van der Waals surface area contributed by atoms with Crippen molar-refractivity contribution >= 4 is 5.96 Å². The van der Waals surface area contributed by atoms with Gasteiger partial charge in [-0.3, -0.25) is 14.8 Å². The van der Waals surface area contributed by atoms with E-state index in [4.69, 9.17) is 10.2 Å². The average molecular weight is 348 g/mol. The molecule has 2 aliphatic heterocycles. The average Bonchev–Trinajstić information content (AvgIpc) is 3.35. The van der Waals surface area contributed by atoms with Crippen molar-refractivity contribution in [3.8, 4) is 0 Å². The second kappa shape index (κ2) is 8.72. The van der Waals surface area contributed by atoms with Gasteiger partial charge in [0.15, 0.2) is 5.96 Å². The highest BCUT2D eigenvalue weighted by Crippen LogP contribution is 2.26. The molecule has 0 saturated carbocycles. The Bertz CT molecular complexity index is 564. The third-order valence-corrected chi connectivity index (χ3v) is 5.53. The molecule has 0 bridgehead atoms. The van der Waals surface area contributed by atoms with Gasteiger partial charge in [0.25, 0.3) is 0 Å². The summed E-state index contributed by atoms with van der Waals surface area (Å²) in [6.45, 7) is 10.3. The number of hydrogen-bond acceptors (Lipinski definition) is 4. The summed E-state index contributed by atoms with van der Waals surface area (Å²) < 4.78 is 5.88. The highest BCUT2D eigenvalue weighted by atomic mass is 16.3. The summed E-state index contributed by atoms with van der Waals surface area (Å²) in [4.78, 5) is 9.61. The molecule has 2 unspecified atom stereocenters. The topological polar surface area (TPSA) is 70.0 Å². The Hall–Kier alpha value is -1.53. The molecule has 0 aliphatic carbocycles. The molecule has 2 aliphatic rings. The molecular weight excluding hydrogens is 314 g/mol. The number of aryl methyl sites for hydroxylation is 1. The van der Waals surface area contributed by atoms with Gasteiger partial charge in [-0.05, 0) is 70.9 Å². The van der Waals surface area contributed by atoms with Gasteiger partial charge in [0.05, 0.1) is 12.6 Å². The maximum absolute atomic E-state index is 6.14. The molecule has 1 aromatic rings. The zero-order valence-corrected chi connectivity index (χ0v) is 15.7. The summed E-state index contributed by atoms with van der Waals surface area (Å²) in [6.07, 6.45) is 5.03. The normalized spacial score (nSPS) is 24.1. The quantitative estimate of drug-likeness (QED) is 0.584. The van der Waals surface area contributed by atoms with Crippen LogP contribution in [0.4, 0.5) is 0 Å². The van der Waals surface area contributed by atoms with Gasteiger partial charge >= 0.3 is 0 Å². The van der Waals surface area contributed by atoms with E-state index in [0.717, 1.165) is 37.7 Å². The molecule has 0 spiro atoms. The minimum absolute atomic E-state index is 0.190. The van der Waals surface area contributed by atoms with E-state index in [-0.39, 0.29) is 6.04 Å². The molecule has 140 valence electrons. The van der Waals surface area contributed by atoms with Gasteiger partial charge in [-0.15, -0.1) is 0 Å². The van der Waals surface area contributed by atoms with Gasteiger partial charge < -0.3 is 15.5 Å². The molecule has 25 heavy (non-hydrogen) atoms. The molecular formula is C19H33N5O. The number of nitrogens with one attached hydrogen (secondary N) is 1. The Balaban J connectivity index is 1.56. The molecule has 0 aromatic carbocycles. The summed E-state index contributed by atoms with van der Waals surface area (Å²) in [5.41, 5.74) is 6.14. The number of furan rings is 1. The molecule has 3 N–H and O–H groups in total. The first-order valence-electron chi connectivity index (χ1n) is 9.75. The Morgan fingerprint density at radius 2 is 2.12 bits per heavy atom. The predicted molar refractivity (Wildman–Crippen MR) is 102 cm³/mol. The van der Waals surface area contributed by atoms with Gasteiger partial charge in [-0.2, -0.15) is 0 Å². The third kappa shape index (κ3) is 4.76. The van der Waals surface area contributed by atoms with Crippen LogP contribution in [0.3, 0.4) is 0 Å². The lowest BCUT2D eigenvalue weighted by molar-refractivity contribution is 0.219. The summed E-state index contributed by atoms with van der Waals surface area (Å²) in [7, 11) is 0. The van der Waals surface area contributed by atoms with E-state index >= 15 is 0 Å². The van der Waals surface area contributed by atoms with Gasteiger partial charge in [0, 0.05) is 12.6 Å². The van der Waals surface area contributed by atoms with Gasteiger partial charge in [0.2, 0.25) is 0 Å². The molecule has 2 saturated heterocycles. The monoisotopic (exact) mass is 347 g/mol. The Labute approximate surface area is 151 Å². The van der Waals surface area contributed by atoms with Crippen LogP contribution in [0, 0.1) is 6.92 Å². The van der Waals surface area contributed by atoms with Crippen LogP contribution in [0.2, 0.25) is 0 Å². The molecule has 0 amide bonds. The number of aliphatic imine (C=N–C) groups is 1. The summed E-state index contributed by atoms with van der Waals surface area (Å²) in [5.74, 6) is 2.51. The Morgan fingerprint density at radius 3 is 2.80 bits per heavy atom. The first-order valence-corrected chi connectivity index (χ1v) is 9.75. The Morgan fingerprint density at radius 1 is 1.32 bits per heavy atom. The van der Waals surface area contributed by atoms with Crippen LogP contribution < -0.4 is 11.1 Å². The van der Waals surface area contributed by atoms with Crippen LogP contribution in [-0.4, -0.2) is 61.1 Å². The summed E-state index contributed by atoms with van der Waals surface area (Å²) in [5, 5.41) is 3.33. The number of nitrogens with two attached hydrogens (primary N) is 1. The lowest BCUT2D eigenvalue weighted by Crippen LogP contribution is -2.43. The number of hydrogen-bond donors (Lipinski definition) is 2. The number of guanidine groups is 1. The van der Waals surface area contributed by atoms with Crippen molar-refractivity contribution in [3.63, 3.8) is 0 Å². The second-order valence-corrected chi connectivity index (χ2v) is 7.24. The zero-order chi connectivity index (χ0) is 17.6. The van der Waals surface area contributed by atoms with Crippen LogP contribution in [0.15, 0.2) is 21.5 Å². The minimum atomic E-state index is 0.190. The van der Waals surface area contributed by atoms with Crippen molar-refractivity contribution in [2.75, 3.05) is 39.3 Å². The van der Waals surface area contributed by atoms with Crippen molar-refractivity contribution in [2.45, 2.75) is 51.6 Å². The lowest BCUT2D eigenvalue weighted by Gasteiger charge is -2.25. The minimum Gasteiger partial charge on any atom is -0.465 e. The van der Waals surface area contributed by atoms with Crippen LogP contribution in [0.5, 0.6) is 0 Å². The molecule has 2 fully saturated rings. The third-order valence-electron chi connectivity index (χ3n) is 5.53. The van der Waals surface area contributed by atoms with Crippen LogP contribution in [-0.2, 0) is 0 Å². The maximum Gasteiger partial charge on any atom is 0.188 e. The van der Waals surface area contributed by atoms with E-state index in [1.165, 1.54) is 32.2 Å². The van der Waals surface area contributed by atoms with Crippen molar-refractivity contribution in [2.24, 2.45) is 10.7 Å². The van der Waals surface area contributed by atoms with Gasteiger partial charge in [-0.25, -0.2) is 0 Å². The molecule has 2 atom stereocenters. The summed E-state index contributed by atoms with van der Waals surface area (Å²) >= 11 is 0. The predicted octanol–water partition coefficient (Wildman–Crippen LogP) is 2.11. The standard InChI is InChI=1S/C19H33N5O/c1-3-23-12-6-7-16(23)13-21-19(20)22-14-17(24-10-4-5-11-24)18-9-8-15(2)25-18/h8-9,16-17H,3-7,10-14H2,1-2H3,(H3,20,21,22). The van der Waals surface area contributed by atoms with Crippen molar-refractivity contribution in [3.05, 3.63) is 23.7 Å². The van der Waals surface area contributed by atoms with E-state index in [1.807, 2.05) is 13.0 Å². The van der Waals surface area contributed by atoms with Gasteiger partial charge in [-0.1, -0.05) is 6.92 Å². The van der Waals surface area contributed by atoms with E-state index in [0.29, 0.717) is 18.5 Å². The van der Waals surface area contributed by atoms with E-state index in [2.05, 4.69) is 33.1 Å². The first-order chi connectivity index (χ1) is 12.2. The molecule has 6 heteroatoms. The SMILES string of the molecule is CCN1CCCC1CNC(N)=NCC(c1ccc(C)o1)N1CCCC1. The van der Waals surface area contributed by atoms with Crippen LogP contribution in [0.25, 0.3) is 0 Å². The highest BCUT2D eigenvalue weighted by molar-refractivity contribution is 5.77. The smallest absolute Gasteiger partial charge is 0.188 e. The largest absolute Gasteiger partial charge is 0.465 e. The maximum atomic E-state index is 6.14. The lowest BCUT2D eigenvalue weighted by atomic mass is 10.2. The van der Waals surface area contributed by atoms with E-state index in [9.17, 15) is 0 Å². The fourth-order valence-corrected chi connectivity index (χ4v) is 4.08. The van der Waals surface area contributed by atoms with Gasteiger partial charge in [0.1, 0.15) is 11.5 Å². The molecule has 6 nitrogen and oxygen atoms in total. The summed E-state index contributed by atoms with van der Waals surface area (Å²) in [6, 6.07) is 4.88. The van der Waals surface area contributed by atoms with Crippen molar-refractivity contribution in [1.29, 1.82) is 0 Å². The van der Waals surface area contributed by atoms with Crippen molar-refractivity contribution < 1.29 is 4.42 Å². The molecule has 0 radical (unpaired) electrons. The molecule has 3 heterocycles. The van der Waals surface area contributed by atoms with Crippen LogP contribution in [0.1, 0.15) is 50.2 Å². The molecule has 3 rings (SSSR count). The van der Waals surface area contributed by atoms with E-state index < -0.39 is 0 Å². The number of likely N-dealkylation sites (N-methyl/N-ethyl adjacent to an activating group) is 1. The van der Waals surface area contributed by atoms with Crippen LogP contribution >= 0.6 is 0 Å². The van der Waals surface area contributed by atoms with Crippen molar-refractivity contribution in [1.82, 2.24) is 15.1 Å². The number of rotatable bonds is 7. The van der Waals surface area contributed by atoms with E-state index in [1.54, 1.807) is 0 Å². The number of nitrogens with zero attached hydrogens (tertiary/aromatic N) is 3. The zero-order valence-electron chi connectivity index (χ0n) is 15.7. The fourth-order valence-electron chi connectivity index (χ4n) is 4.08. The number of likely N-dealkylation sites (tertiary alicyclic amines) is 2. The fraction of sp³-hybridized carbons (Fsp3) is 0.737.